The number of benzene rings is 1. The van der Waals surface area contributed by atoms with Gasteiger partial charge in [0, 0.05) is 43.8 Å². The molecule has 11 heteroatoms. The summed E-state index contributed by atoms with van der Waals surface area (Å²) in [7, 11) is 0. The van der Waals surface area contributed by atoms with Crippen LogP contribution < -0.4 is 5.32 Å². The van der Waals surface area contributed by atoms with Crippen molar-refractivity contribution in [3.63, 3.8) is 0 Å². The Morgan fingerprint density at radius 2 is 1.90 bits per heavy atom. The van der Waals surface area contributed by atoms with Gasteiger partial charge in [0.05, 0.1) is 49.1 Å². The van der Waals surface area contributed by atoms with Gasteiger partial charge in [-0.25, -0.2) is 8.78 Å². The molecule has 1 aromatic carbocycles. The van der Waals surface area contributed by atoms with Gasteiger partial charge in [-0.3, -0.25) is 24.5 Å². The fourth-order valence-electron chi connectivity index (χ4n) is 4.82. The minimum atomic E-state index is -3.12. The quantitative estimate of drug-likeness (QED) is 0.485. The van der Waals surface area contributed by atoms with E-state index in [-0.39, 0.29) is 0 Å². The molecule has 2 amide bonds. The summed E-state index contributed by atoms with van der Waals surface area (Å²) in [6.45, 7) is 2.74. The van der Waals surface area contributed by atoms with Crippen LogP contribution in [0, 0.1) is 11.3 Å². The number of morpholine rings is 1. The maximum atomic E-state index is 13.7. The summed E-state index contributed by atoms with van der Waals surface area (Å²) in [5.41, 5.74) is 3.64. The fraction of sp³-hybridized carbons (Fsp3) is 0.345. The monoisotopic (exact) mass is 546 g/mol. The van der Waals surface area contributed by atoms with Crippen molar-refractivity contribution in [2.24, 2.45) is 0 Å². The molecular weight excluding hydrogens is 518 g/mol. The molecule has 5 rings (SSSR count). The molecule has 9 nitrogen and oxygen atoms in total. The average Bonchev–Trinajstić information content (AvgIpc) is 3.30. The number of carbonyl (C=O) groups is 2. The molecule has 40 heavy (non-hydrogen) atoms. The fourth-order valence-corrected chi connectivity index (χ4v) is 4.82. The second-order valence-corrected chi connectivity index (χ2v) is 9.85. The Labute approximate surface area is 230 Å². The molecule has 1 N–H and O–H groups in total. The van der Waals surface area contributed by atoms with Crippen LogP contribution in [0.15, 0.2) is 48.8 Å². The number of pyridine rings is 2. The first-order valence-electron chi connectivity index (χ1n) is 13.0. The van der Waals surface area contributed by atoms with Gasteiger partial charge < -0.3 is 15.0 Å². The number of nitriles is 1. The van der Waals surface area contributed by atoms with Gasteiger partial charge >= 0.3 is 0 Å². The molecule has 0 bridgehead atoms. The van der Waals surface area contributed by atoms with Crippen LogP contribution in [-0.4, -0.2) is 82.9 Å². The number of nitrogens with one attached hydrogen (secondary N) is 1. The highest BCUT2D eigenvalue weighted by Gasteiger charge is 2.47. The van der Waals surface area contributed by atoms with Crippen LogP contribution in [0.25, 0.3) is 23.1 Å². The minimum absolute atomic E-state index is 0.297. The van der Waals surface area contributed by atoms with E-state index in [9.17, 15) is 18.4 Å². The molecular formula is C29H28F2N6O3. The number of amides is 2. The van der Waals surface area contributed by atoms with E-state index in [1.54, 1.807) is 12.1 Å². The molecule has 206 valence electrons. The number of fused-ring (bicyclic) bond motifs is 1. The van der Waals surface area contributed by atoms with Gasteiger partial charge in [-0.05, 0) is 35.4 Å². The van der Waals surface area contributed by atoms with E-state index in [0.717, 1.165) is 54.6 Å². The Morgan fingerprint density at radius 3 is 2.65 bits per heavy atom. The molecule has 1 atom stereocenters. The van der Waals surface area contributed by atoms with Gasteiger partial charge in [0.1, 0.15) is 6.04 Å². The zero-order valence-corrected chi connectivity index (χ0v) is 21.7. The van der Waals surface area contributed by atoms with E-state index in [1.807, 2.05) is 42.6 Å². The number of hydrogen-bond acceptors (Lipinski definition) is 7. The lowest BCUT2D eigenvalue weighted by Gasteiger charge is -2.26. The van der Waals surface area contributed by atoms with Crippen molar-refractivity contribution in [3.8, 4) is 6.07 Å². The van der Waals surface area contributed by atoms with E-state index in [0.29, 0.717) is 16.5 Å². The lowest BCUT2D eigenvalue weighted by molar-refractivity contribution is -0.131. The molecule has 0 radical (unpaired) electrons. The first-order valence-corrected chi connectivity index (χ1v) is 13.0. The number of carbonyl (C=O) groups excluding carboxylic acids is 2. The topological polar surface area (TPSA) is 111 Å². The number of nitrogens with zero attached hydrogens (tertiary/aromatic N) is 5. The Balaban J connectivity index is 1.25. The average molecular weight is 547 g/mol. The predicted molar refractivity (Wildman–Crippen MR) is 144 cm³/mol. The third-order valence-corrected chi connectivity index (χ3v) is 6.95. The lowest BCUT2D eigenvalue weighted by Crippen LogP contribution is -2.43. The summed E-state index contributed by atoms with van der Waals surface area (Å²) < 4.78 is 32.8. The highest BCUT2D eigenvalue weighted by Crippen LogP contribution is 2.31. The summed E-state index contributed by atoms with van der Waals surface area (Å²) in [4.78, 5) is 37.5. The van der Waals surface area contributed by atoms with Crippen LogP contribution in [0.1, 0.15) is 33.6 Å². The SMILES string of the molecule is N#CC1CC(F)(F)CN1C(=O)CNC(=O)c1ccnc2ccc(C=Cc3ccc(CN4CCOCC4)nc3)cc12. The van der Waals surface area contributed by atoms with Crippen LogP contribution in [0.5, 0.6) is 0 Å². The Hall–Kier alpha value is -4.27. The smallest absolute Gasteiger partial charge is 0.268 e. The standard InChI is InChI=1S/C29H28F2N6O3/c30-29(31)14-23(15-32)37(19-29)27(38)17-35-28(39)24-7-8-33-26-6-4-20(13-25(24)26)1-2-21-3-5-22(34-16-21)18-36-9-11-40-12-10-36/h1-8,13,16,23H,9-12,14,17-19H2,(H,35,39). The first-order chi connectivity index (χ1) is 19.3. The van der Waals surface area contributed by atoms with Crippen molar-refractivity contribution in [1.29, 1.82) is 5.26 Å². The van der Waals surface area contributed by atoms with E-state index in [1.165, 1.54) is 12.3 Å². The van der Waals surface area contributed by atoms with Gasteiger partial charge in [0.15, 0.2) is 0 Å². The highest BCUT2D eigenvalue weighted by molar-refractivity contribution is 6.07. The molecule has 2 aliphatic rings. The zero-order valence-electron chi connectivity index (χ0n) is 21.7. The zero-order chi connectivity index (χ0) is 28.1. The summed E-state index contributed by atoms with van der Waals surface area (Å²) in [6, 6.07) is 11.6. The summed E-state index contributed by atoms with van der Waals surface area (Å²) in [6.07, 6.45) is 6.44. The Morgan fingerprint density at radius 1 is 1.12 bits per heavy atom. The third-order valence-electron chi connectivity index (χ3n) is 6.95. The van der Waals surface area contributed by atoms with Crippen molar-refractivity contribution < 1.29 is 23.1 Å². The van der Waals surface area contributed by atoms with Crippen molar-refractivity contribution in [3.05, 3.63) is 71.2 Å². The molecule has 0 aliphatic carbocycles. The van der Waals surface area contributed by atoms with Crippen molar-refractivity contribution in [2.75, 3.05) is 39.4 Å². The van der Waals surface area contributed by atoms with Gasteiger partial charge in [-0.1, -0.05) is 24.3 Å². The maximum Gasteiger partial charge on any atom is 0.268 e. The van der Waals surface area contributed by atoms with Crippen LogP contribution >= 0.6 is 0 Å². The van der Waals surface area contributed by atoms with Crippen molar-refractivity contribution in [1.82, 2.24) is 25.1 Å². The van der Waals surface area contributed by atoms with Crippen LogP contribution in [-0.2, 0) is 16.1 Å². The summed E-state index contributed by atoms with van der Waals surface area (Å²) in [5.74, 6) is -4.39. The van der Waals surface area contributed by atoms with E-state index >= 15 is 0 Å². The Bertz CT molecular complexity index is 1460. The van der Waals surface area contributed by atoms with Gasteiger partial charge in [-0.2, -0.15) is 5.26 Å². The van der Waals surface area contributed by atoms with E-state index < -0.39 is 43.3 Å². The van der Waals surface area contributed by atoms with E-state index in [2.05, 4.69) is 20.2 Å². The second kappa shape index (κ2) is 11.9. The number of ether oxygens (including phenoxy) is 1. The normalized spacial score (nSPS) is 19.1. The molecule has 3 aromatic rings. The molecule has 4 heterocycles. The molecule has 0 spiro atoms. The highest BCUT2D eigenvalue weighted by atomic mass is 19.3. The van der Waals surface area contributed by atoms with Gasteiger partial charge in [0.2, 0.25) is 5.91 Å². The van der Waals surface area contributed by atoms with Crippen LogP contribution in [0.4, 0.5) is 8.78 Å². The van der Waals surface area contributed by atoms with Gasteiger partial charge in [-0.15, -0.1) is 0 Å². The van der Waals surface area contributed by atoms with Crippen molar-refractivity contribution >= 4 is 34.9 Å². The largest absolute Gasteiger partial charge is 0.379 e. The number of halogens is 2. The third kappa shape index (κ3) is 6.47. The Kier molecular flexibility index (Phi) is 8.09. The van der Waals surface area contributed by atoms with Gasteiger partial charge in [0.25, 0.3) is 11.8 Å². The van der Waals surface area contributed by atoms with Crippen LogP contribution in [0.3, 0.4) is 0 Å². The molecule has 2 saturated heterocycles. The predicted octanol–water partition coefficient (Wildman–Crippen LogP) is 3.12. The lowest BCUT2D eigenvalue weighted by atomic mass is 10.0. The number of rotatable bonds is 7. The minimum Gasteiger partial charge on any atom is -0.379 e. The molecule has 2 aromatic heterocycles. The molecule has 2 fully saturated rings. The van der Waals surface area contributed by atoms with Crippen molar-refractivity contribution in [2.45, 2.75) is 24.9 Å². The number of hydrogen-bond donors (Lipinski definition) is 1. The number of aromatic nitrogens is 2. The number of alkyl halides is 2. The van der Waals surface area contributed by atoms with E-state index in [4.69, 9.17) is 10.00 Å². The molecule has 0 saturated carbocycles. The second-order valence-electron chi connectivity index (χ2n) is 9.85. The van der Waals surface area contributed by atoms with Crippen LogP contribution in [0.2, 0.25) is 0 Å². The summed E-state index contributed by atoms with van der Waals surface area (Å²) in [5, 5.41) is 12.2. The summed E-state index contributed by atoms with van der Waals surface area (Å²) >= 11 is 0. The molecule has 2 aliphatic heterocycles. The maximum absolute atomic E-state index is 13.7. The molecule has 1 unspecified atom stereocenters. The first kappa shape index (κ1) is 27.3. The number of likely N-dealkylation sites (tertiary alicyclic amines) is 1.